The molecule has 3 aliphatic rings. The van der Waals surface area contributed by atoms with Gasteiger partial charge in [-0.15, -0.1) is 0 Å². The average molecular weight is 731 g/mol. The zero-order chi connectivity index (χ0) is 37.9. The molecule has 0 saturated carbocycles. The van der Waals surface area contributed by atoms with E-state index in [1.54, 1.807) is 13.2 Å². The molecule has 0 bridgehead atoms. The standard InChI is InChI=1S/C36H32F2N6O9/c1-41-13-17-6-7-44(26(17)15-41)32-21(18-8-20-33(48)22(35(49)50)14-42(2)34(20)40-11-18)12-39-24-9-19-25(10-23(37)31(38)29(19)30(24)32)43(3)36(51)53-16-52-28(47)5-4-27(45)46/h4-5,8,10-12,14,17,26H,6-7,9,13,15-16H2,1-3H3,(H,45,46)(H,49,50)/b5-4+/t17-,26+/m0/s1. The molecule has 2 aliphatic heterocycles. The number of hydrogen-bond donors (Lipinski definition) is 2. The number of carboxylic acid groups (broad SMARTS) is 2. The molecule has 17 heteroatoms. The molecule has 53 heavy (non-hydrogen) atoms. The lowest BCUT2D eigenvalue weighted by Crippen LogP contribution is -2.35. The molecule has 4 aromatic rings. The predicted molar refractivity (Wildman–Crippen MR) is 185 cm³/mol. The van der Waals surface area contributed by atoms with Gasteiger partial charge in [0.1, 0.15) is 11.2 Å². The molecule has 0 radical (unpaired) electrons. The number of nitrogens with zero attached hydrogens (tertiary/aromatic N) is 6. The van der Waals surface area contributed by atoms with Crippen LogP contribution in [0.1, 0.15) is 28.0 Å². The number of hydrogen-bond acceptors (Lipinski definition) is 11. The van der Waals surface area contributed by atoms with Crippen LogP contribution in [0.2, 0.25) is 0 Å². The molecule has 2 fully saturated rings. The van der Waals surface area contributed by atoms with Gasteiger partial charge in [0.2, 0.25) is 12.2 Å². The van der Waals surface area contributed by atoms with Gasteiger partial charge in [0, 0.05) is 105 Å². The van der Waals surface area contributed by atoms with E-state index in [0.717, 1.165) is 23.9 Å². The number of amides is 1. The van der Waals surface area contributed by atoms with Crippen LogP contribution in [0.5, 0.6) is 0 Å². The Labute approximate surface area is 299 Å². The fourth-order valence-corrected chi connectivity index (χ4v) is 7.64. The topological polar surface area (TPSA) is 185 Å². The first-order valence-corrected chi connectivity index (χ1v) is 16.4. The largest absolute Gasteiger partial charge is 0.478 e. The summed E-state index contributed by atoms with van der Waals surface area (Å²) < 4.78 is 43.0. The van der Waals surface area contributed by atoms with Crippen LogP contribution >= 0.6 is 0 Å². The molecule has 7 rings (SSSR count). The van der Waals surface area contributed by atoms with Gasteiger partial charge in [-0.25, -0.2) is 32.9 Å². The Bertz CT molecular complexity index is 2340. The SMILES string of the molecule is CN1C[C@@H]2CCN(c3c(-c4cnc5c(c4)c(=O)c(C(=O)O)cn5C)cnc4c3-c3c(F)c(F)cc(N(C)C(=O)OCOC(=O)/C=C/C(=O)O)c3C4)[C@@H]2C1. The summed E-state index contributed by atoms with van der Waals surface area (Å²) in [6.45, 7) is 1.26. The van der Waals surface area contributed by atoms with E-state index in [9.17, 15) is 29.1 Å². The first kappa shape index (κ1) is 35.2. The van der Waals surface area contributed by atoms with Crippen LogP contribution < -0.4 is 15.2 Å². The lowest BCUT2D eigenvalue weighted by Gasteiger charge is -2.31. The van der Waals surface area contributed by atoms with Gasteiger partial charge in [-0.2, -0.15) is 0 Å². The molecule has 2 atom stereocenters. The van der Waals surface area contributed by atoms with Crippen LogP contribution in [0, 0.1) is 17.6 Å². The molecule has 0 spiro atoms. The Morgan fingerprint density at radius 2 is 1.81 bits per heavy atom. The van der Waals surface area contributed by atoms with Crippen LogP contribution in [0.3, 0.4) is 0 Å². The summed E-state index contributed by atoms with van der Waals surface area (Å²) in [7, 11) is 4.86. The van der Waals surface area contributed by atoms with Crippen molar-refractivity contribution in [1.29, 1.82) is 0 Å². The van der Waals surface area contributed by atoms with E-state index >= 15 is 8.78 Å². The molecule has 1 aromatic carbocycles. The third kappa shape index (κ3) is 6.11. The zero-order valence-corrected chi connectivity index (χ0v) is 28.6. The molecule has 1 aliphatic carbocycles. The van der Waals surface area contributed by atoms with Gasteiger partial charge in [0.05, 0.1) is 22.5 Å². The predicted octanol–water partition coefficient (Wildman–Crippen LogP) is 3.40. The van der Waals surface area contributed by atoms with Crippen molar-refractivity contribution in [2.45, 2.75) is 18.9 Å². The summed E-state index contributed by atoms with van der Waals surface area (Å²) in [5.41, 5.74) is 1.39. The van der Waals surface area contributed by atoms with Crippen molar-refractivity contribution in [1.82, 2.24) is 19.4 Å². The second-order valence-electron chi connectivity index (χ2n) is 13.2. The minimum Gasteiger partial charge on any atom is -0.478 e. The number of benzene rings is 1. The first-order chi connectivity index (χ1) is 25.2. The van der Waals surface area contributed by atoms with Gasteiger partial charge in [-0.1, -0.05) is 0 Å². The van der Waals surface area contributed by atoms with E-state index in [1.165, 1.54) is 30.1 Å². The van der Waals surface area contributed by atoms with Gasteiger partial charge < -0.3 is 34.1 Å². The summed E-state index contributed by atoms with van der Waals surface area (Å²) in [6.07, 6.45) is 5.27. The lowest BCUT2D eigenvalue weighted by molar-refractivity contribution is -0.146. The van der Waals surface area contributed by atoms with E-state index in [1.807, 2.05) is 7.05 Å². The zero-order valence-electron chi connectivity index (χ0n) is 28.6. The molecule has 2 saturated heterocycles. The Hall–Kier alpha value is -6.23. The molecule has 274 valence electrons. The molecule has 1 amide bonds. The number of pyridine rings is 3. The van der Waals surface area contributed by atoms with Crippen LogP contribution in [0.25, 0.3) is 33.3 Å². The van der Waals surface area contributed by atoms with Crippen molar-refractivity contribution in [3.8, 4) is 22.3 Å². The molecule has 2 N–H and O–H groups in total. The smallest absolute Gasteiger partial charge is 0.416 e. The Morgan fingerprint density at radius 1 is 1.04 bits per heavy atom. The fraction of sp³-hybridized carbons (Fsp3) is 0.306. The van der Waals surface area contributed by atoms with Gasteiger partial charge in [0.25, 0.3) is 0 Å². The second-order valence-corrected chi connectivity index (χ2v) is 13.2. The minimum atomic E-state index is -1.39. The summed E-state index contributed by atoms with van der Waals surface area (Å²) in [5, 5.41) is 18.4. The summed E-state index contributed by atoms with van der Waals surface area (Å²) in [5.74, 6) is -5.96. The number of halogens is 2. The van der Waals surface area contributed by atoms with Crippen molar-refractivity contribution in [2.75, 3.05) is 50.3 Å². The number of carbonyl (C=O) groups is 4. The average Bonchev–Trinajstić information content (AvgIpc) is 3.81. The van der Waals surface area contributed by atoms with Crippen LogP contribution in [-0.2, 0) is 32.5 Å². The van der Waals surface area contributed by atoms with Crippen molar-refractivity contribution in [3.63, 3.8) is 0 Å². The van der Waals surface area contributed by atoms with Gasteiger partial charge in [-0.3, -0.25) is 14.7 Å². The Morgan fingerprint density at radius 3 is 2.55 bits per heavy atom. The van der Waals surface area contributed by atoms with Gasteiger partial charge in [-0.05, 0) is 31.0 Å². The fourth-order valence-electron chi connectivity index (χ4n) is 7.64. The number of rotatable bonds is 8. The van der Waals surface area contributed by atoms with Crippen molar-refractivity contribution < 1.29 is 47.6 Å². The number of anilines is 2. The summed E-state index contributed by atoms with van der Waals surface area (Å²) in [6, 6.07) is 2.41. The van der Waals surface area contributed by atoms with E-state index < -0.39 is 53.4 Å². The summed E-state index contributed by atoms with van der Waals surface area (Å²) >= 11 is 0. The van der Waals surface area contributed by atoms with E-state index in [2.05, 4.69) is 14.8 Å². The number of ether oxygens (including phenoxy) is 2. The second kappa shape index (κ2) is 13.4. The molecular weight excluding hydrogens is 698 g/mol. The normalized spacial score (nSPS) is 17.6. The molecule has 5 heterocycles. The quantitative estimate of drug-likeness (QED) is 0.135. The highest BCUT2D eigenvalue weighted by Crippen LogP contribution is 2.52. The van der Waals surface area contributed by atoms with Crippen molar-refractivity contribution in [3.05, 3.63) is 81.6 Å². The number of aromatic nitrogens is 3. The maximum absolute atomic E-state index is 16.2. The number of fused-ring (bicyclic) bond motifs is 5. The highest BCUT2D eigenvalue weighted by molar-refractivity contribution is 6.00. The number of carbonyl (C=O) groups excluding carboxylic acids is 2. The Kier molecular flexibility index (Phi) is 8.89. The highest BCUT2D eigenvalue weighted by atomic mass is 19.2. The molecule has 3 aromatic heterocycles. The third-order valence-electron chi connectivity index (χ3n) is 9.98. The lowest BCUT2D eigenvalue weighted by atomic mass is 9.96. The van der Waals surface area contributed by atoms with Gasteiger partial charge >= 0.3 is 24.0 Å². The maximum atomic E-state index is 16.2. The number of likely N-dealkylation sites (tertiary alicyclic amines) is 1. The van der Waals surface area contributed by atoms with Crippen molar-refractivity contribution in [2.24, 2.45) is 13.0 Å². The number of carboxylic acids is 2. The number of likely N-dealkylation sites (N-methyl/N-ethyl adjacent to an activating group) is 1. The van der Waals surface area contributed by atoms with E-state index in [0.29, 0.717) is 59.2 Å². The van der Waals surface area contributed by atoms with Crippen molar-refractivity contribution >= 4 is 46.4 Å². The minimum absolute atomic E-state index is 0.0102. The van der Waals surface area contributed by atoms with Crippen LogP contribution in [0.4, 0.5) is 25.0 Å². The van der Waals surface area contributed by atoms with Gasteiger partial charge in [0.15, 0.2) is 11.6 Å². The van der Waals surface area contributed by atoms with E-state index in [4.69, 9.17) is 19.6 Å². The first-order valence-electron chi connectivity index (χ1n) is 16.4. The number of aryl methyl sites for hydroxylation is 1. The van der Waals surface area contributed by atoms with E-state index in [-0.39, 0.29) is 40.3 Å². The maximum Gasteiger partial charge on any atom is 0.416 e. The molecule has 0 unspecified atom stereocenters. The number of aromatic carboxylic acids is 1. The van der Waals surface area contributed by atoms with Crippen LogP contribution in [-0.4, -0.2) is 100 Å². The number of esters is 1. The summed E-state index contributed by atoms with van der Waals surface area (Å²) in [4.78, 5) is 75.1. The third-order valence-corrected chi connectivity index (χ3v) is 9.98. The number of aliphatic carboxylic acids is 1. The molecule has 15 nitrogen and oxygen atoms in total. The highest BCUT2D eigenvalue weighted by Gasteiger charge is 2.44. The molecular formula is C36H32F2N6O9. The Balaban J connectivity index is 1.35. The monoisotopic (exact) mass is 730 g/mol. The van der Waals surface area contributed by atoms with Crippen LogP contribution in [0.15, 0.2) is 47.7 Å².